The first-order valence-corrected chi connectivity index (χ1v) is 7.95. The van der Waals surface area contributed by atoms with Crippen LogP contribution in [0.25, 0.3) is 11.0 Å². The van der Waals surface area contributed by atoms with Crippen molar-refractivity contribution in [1.82, 2.24) is 20.3 Å². The molecule has 0 aliphatic heterocycles. The summed E-state index contributed by atoms with van der Waals surface area (Å²) in [6.45, 7) is 0.696. The lowest BCUT2D eigenvalue weighted by molar-refractivity contribution is 0.0953. The first-order chi connectivity index (χ1) is 11.3. The van der Waals surface area contributed by atoms with Crippen molar-refractivity contribution in [2.45, 2.75) is 25.7 Å². The SMILES string of the molecule is O=C(NCCCCCc1nc2ccccc2[nH]1)c1ccncc1. The molecule has 3 rings (SSSR count). The molecule has 0 aliphatic carbocycles. The average Bonchev–Trinajstić information content (AvgIpc) is 3.01. The largest absolute Gasteiger partial charge is 0.352 e. The van der Waals surface area contributed by atoms with Gasteiger partial charge in [-0.3, -0.25) is 9.78 Å². The van der Waals surface area contributed by atoms with Crippen molar-refractivity contribution >= 4 is 16.9 Å². The highest BCUT2D eigenvalue weighted by atomic mass is 16.1. The van der Waals surface area contributed by atoms with Crippen LogP contribution in [0.3, 0.4) is 0 Å². The monoisotopic (exact) mass is 308 g/mol. The zero-order chi connectivity index (χ0) is 15.9. The normalized spacial score (nSPS) is 10.8. The van der Waals surface area contributed by atoms with Crippen LogP contribution in [0.4, 0.5) is 0 Å². The van der Waals surface area contributed by atoms with E-state index in [2.05, 4.69) is 20.3 Å². The van der Waals surface area contributed by atoms with E-state index in [1.54, 1.807) is 24.5 Å². The molecular formula is C18H20N4O. The molecular weight excluding hydrogens is 288 g/mol. The van der Waals surface area contributed by atoms with Gasteiger partial charge in [-0.05, 0) is 37.1 Å². The first kappa shape index (κ1) is 15.2. The summed E-state index contributed by atoms with van der Waals surface area (Å²) in [5.74, 6) is 0.997. The smallest absolute Gasteiger partial charge is 0.251 e. The van der Waals surface area contributed by atoms with Gasteiger partial charge in [0.1, 0.15) is 5.82 Å². The highest BCUT2D eigenvalue weighted by molar-refractivity contribution is 5.93. The second kappa shape index (κ2) is 7.54. The fourth-order valence-electron chi connectivity index (χ4n) is 2.53. The number of hydrogen-bond acceptors (Lipinski definition) is 3. The van der Waals surface area contributed by atoms with Gasteiger partial charge in [0.15, 0.2) is 0 Å². The number of H-pyrrole nitrogens is 1. The van der Waals surface area contributed by atoms with E-state index in [0.717, 1.165) is 42.5 Å². The van der Waals surface area contributed by atoms with E-state index >= 15 is 0 Å². The molecule has 0 radical (unpaired) electrons. The van der Waals surface area contributed by atoms with Crippen LogP contribution in [0.15, 0.2) is 48.8 Å². The van der Waals surface area contributed by atoms with Crippen LogP contribution >= 0.6 is 0 Å². The quantitative estimate of drug-likeness (QED) is 0.659. The van der Waals surface area contributed by atoms with Crippen LogP contribution in [-0.4, -0.2) is 27.4 Å². The molecule has 0 saturated heterocycles. The Balaban J connectivity index is 1.35. The summed E-state index contributed by atoms with van der Waals surface area (Å²) in [5.41, 5.74) is 2.77. The number of nitrogens with zero attached hydrogens (tertiary/aromatic N) is 2. The lowest BCUT2D eigenvalue weighted by Gasteiger charge is -2.04. The maximum atomic E-state index is 11.8. The molecule has 2 N–H and O–H groups in total. The number of carbonyl (C=O) groups is 1. The standard InChI is InChI=1S/C18H20N4O/c23-18(14-9-12-19-13-10-14)20-11-5-1-2-8-17-21-15-6-3-4-7-16(15)22-17/h3-4,6-7,9-10,12-13H,1-2,5,8,11H2,(H,20,23)(H,21,22). The maximum Gasteiger partial charge on any atom is 0.251 e. The highest BCUT2D eigenvalue weighted by Crippen LogP contribution is 2.12. The molecule has 0 aliphatic rings. The van der Waals surface area contributed by atoms with Gasteiger partial charge in [0, 0.05) is 30.9 Å². The molecule has 0 fully saturated rings. The number of benzene rings is 1. The molecule has 1 amide bonds. The molecule has 0 spiro atoms. The maximum absolute atomic E-state index is 11.8. The van der Waals surface area contributed by atoms with Crippen molar-refractivity contribution in [1.29, 1.82) is 0 Å². The number of pyridine rings is 1. The summed E-state index contributed by atoms with van der Waals surface area (Å²) in [4.78, 5) is 23.7. The predicted octanol–water partition coefficient (Wildman–Crippen LogP) is 3.10. The van der Waals surface area contributed by atoms with Crippen molar-refractivity contribution in [3.63, 3.8) is 0 Å². The topological polar surface area (TPSA) is 70.7 Å². The third kappa shape index (κ3) is 4.16. The molecule has 23 heavy (non-hydrogen) atoms. The Morgan fingerprint density at radius 1 is 1.04 bits per heavy atom. The van der Waals surface area contributed by atoms with E-state index in [1.165, 1.54) is 0 Å². The summed E-state index contributed by atoms with van der Waals surface area (Å²) in [7, 11) is 0. The molecule has 118 valence electrons. The summed E-state index contributed by atoms with van der Waals surface area (Å²) >= 11 is 0. The van der Waals surface area contributed by atoms with E-state index < -0.39 is 0 Å². The fraction of sp³-hybridized carbons (Fsp3) is 0.278. The van der Waals surface area contributed by atoms with Gasteiger partial charge in [-0.15, -0.1) is 0 Å². The van der Waals surface area contributed by atoms with Gasteiger partial charge in [-0.25, -0.2) is 4.98 Å². The Labute approximate surface area is 135 Å². The number of aromatic nitrogens is 3. The number of rotatable bonds is 7. The Hall–Kier alpha value is -2.69. The van der Waals surface area contributed by atoms with Crippen LogP contribution in [0.5, 0.6) is 0 Å². The van der Waals surface area contributed by atoms with Gasteiger partial charge in [-0.1, -0.05) is 18.6 Å². The lowest BCUT2D eigenvalue weighted by atomic mass is 10.2. The van der Waals surface area contributed by atoms with Crippen molar-refractivity contribution < 1.29 is 4.79 Å². The fourth-order valence-corrected chi connectivity index (χ4v) is 2.53. The number of carbonyl (C=O) groups excluding carboxylic acids is 1. The number of aromatic amines is 1. The van der Waals surface area contributed by atoms with Gasteiger partial charge in [-0.2, -0.15) is 0 Å². The third-order valence-electron chi connectivity index (χ3n) is 3.76. The highest BCUT2D eigenvalue weighted by Gasteiger charge is 2.04. The van der Waals surface area contributed by atoms with Gasteiger partial charge in [0.05, 0.1) is 11.0 Å². The van der Waals surface area contributed by atoms with Gasteiger partial charge in [0.25, 0.3) is 5.91 Å². The molecule has 5 heteroatoms. The van der Waals surface area contributed by atoms with E-state index in [0.29, 0.717) is 12.1 Å². The molecule has 0 saturated carbocycles. The zero-order valence-corrected chi connectivity index (χ0v) is 13.0. The van der Waals surface area contributed by atoms with Gasteiger partial charge >= 0.3 is 0 Å². The number of fused-ring (bicyclic) bond motifs is 1. The summed E-state index contributed by atoms with van der Waals surface area (Å²) in [6, 6.07) is 11.5. The number of amides is 1. The lowest BCUT2D eigenvalue weighted by Crippen LogP contribution is -2.24. The van der Waals surface area contributed by atoms with E-state index in [4.69, 9.17) is 0 Å². The Bertz CT molecular complexity index is 734. The van der Waals surface area contributed by atoms with E-state index in [1.807, 2.05) is 24.3 Å². The number of nitrogens with one attached hydrogen (secondary N) is 2. The van der Waals surface area contributed by atoms with Gasteiger partial charge in [0.2, 0.25) is 0 Å². The molecule has 0 unspecified atom stereocenters. The number of para-hydroxylation sites is 2. The number of hydrogen-bond donors (Lipinski definition) is 2. The van der Waals surface area contributed by atoms with E-state index in [-0.39, 0.29) is 5.91 Å². The van der Waals surface area contributed by atoms with Crippen LogP contribution in [0, 0.1) is 0 Å². The second-order valence-corrected chi connectivity index (χ2v) is 5.50. The second-order valence-electron chi connectivity index (χ2n) is 5.50. The van der Waals surface area contributed by atoms with Crippen LogP contribution < -0.4 is 5.32 Å². The molecule has 0 bridgehead atoms. The van der Waals surface area contributed by atoms with Crippen LogP contribution in [0.1, 0.15) is 35.4 Å². The number of aryl methyl sites for hydroxylation is 1. The van der Waals surface area contributed by atoms with Crippen molar-refractivity contribution in [2.75, 3.05) is 6.54 Å². The molecule has 2 aromatic heterocycles. The number of imidazole rings is 1. The minimum Gasteiger partial charge on any atom is -0.352 e. The zero-order valence-electron chi connectivity index (χ0n) is 13.0. The van der Waals surface area contributed by atoms with Crippen molar-refractivity contribution in [3.05, 3.63) is 60.2 Å². The summed E-state index contributed by atoms with van der Waals surface area (Å²) in [6.07, 6.45) is 7.28. The minimum absolute atomic E-state index is 0.0373. The first-order valence-electron chi connectivity index (χ1n) is 7.95. The van der Waals surface area contributed by atoms with E-state index in [9.17, 15) is 4.79 Å². The van der Waals surface area contributed by atoms with Crippen LogP contribution in [0.2, 0.25) is 0 Å². The average molecular weight is 308 g/mol. The minimum atomic E-state index is -0.0373. The Morgan fingerprint density at radius 3 is 2.70 bits per heavy atom. The molecule has 5 nitrogen and oxygen atoms in total. The molecule has 1 aromatic carbocycles. The summed E-state index contributed by atoms with van der Waals surface area (Å²) in [5, 5.41) is 2.93. The van der Waals surface area contributed by atoms with Crippen molar-refractivity contribution in [2.24, 2.45) is 0 Å². The van der Waals surface area contributed by atoms with Crippen LogP contribution in [-0.2, 0) is 6.42 Å². The third-order valence-corrected chi connectivity index (χ3v) is 3.76. The predicted molar refractivity (Wildman–Crippen MR) is 90.2 cm³/mol. The molecule has 2 heterocycles. The summed E-state index contributed by atoms with van der Waals surface area (Å²) < 4.78 is 0. The number of unbranched alkanes of at least 4 members (excludes halogenated alkanes) is 2. The Kier molecular flexibility index (Phi) is 4.99. The van der Waals surface area contributed by atoms with Gasteiger partial charge < -0.3 is 10.3 Å². The van der Waals surface area contributed by atoms with Crippen molar-refractivity contribution in [3.8, 4) is 0 Å². The Morgan fingerprint density at radius 2 is 1.87 bits per heavy atom. The molecule has 0 atom stereocenters. The molecule has 3 aromatic rings.